The summed E-state index contributed by atoms with van der Waals surface area (Å²) in [5, 5.41) is 0. The first kappa shape index (κ1) is 16.1. The third-order valence-electron chi connectivity index (χ3n) is 3.21. The largest absolute Gasteiger partial charge is 0.393 e. The Morgan fingerprint density at radius 3 is 2.65 bits per heavy atom. The van der Waals surface area contributed by atoms with Crippen molar-refractivity contribution in [3.05, 3.63) is 17.0 Å². The predicted octanol–water partition coefficient (Wildman–Crippen LogP) is 3.45. The smallest absolute Gasteiger partial charge is 0.206 e. The molecular weight excluding hydrogens is 335 g/mol. The second-order valence-corrected chi connectivity index (χ2v) is 8.20. The van der Waals surface area contributed by atoms with E-state index in [2.05, 4.69) is 0 Å². The Labute approximate surface area is 124 Å². The molecule has 0 bridgehead atoms. The van der Waals surface area contributed by atoms with Crippen molar-refractivity contribution < 1.29 is 21.6 Å². The van der Waals surface area contributed by atoms with Crippen molar-refractivity contribution >= 4 is 33.0 Å². The van der Waals surface area contributed by atoms with Crippen molar-refractivity contribution in [1.82, 2.24) is 4.31 Å². The third-order valence-corrected chi connectivity index (χ3v) is 7.07. The fourth-order valence-corrected chi connectivity index (χ4v) is 5.26. The standard InChI is InChI=1S/C11H13ClF3NO2S2/c12-6-9-3-4-10(19-9)20(17,18)16-5-1-2-8(7-16)11(13,14)15/h3-4,8H,1-2,5-7H2. The van der Waals surface area contributed by atoms with Gasteiger partial charge in [-0.25, -0.2) is 8.42 Å². The molecule has 1 aliphatic heterocycles. The number of thiophene rings is 1. The van der Waals surface area contributed by atoms with E-state index in [-0.39, 0.29) is 29.5 Å². The molecule has 1 aromatic rings. The lowest BCUT2D eigenvalue weighted by atomic mass is 9.99. The lowest BCUT2D eigenvalue weighted by Gasteiger charge is -2.32. The van der Waals surface area contributed by atoms with Crippen LogP contribution in [-0.2, 0) is 15.9 Å². The number of hydrogen-bond donors (Lipinski definition) is 0. The van der Waals surface area contributed by atoms with Crippen molar-refractivity contribution in [2.45, 2.75) is 29.1 Å². The van der Waals surface area contributed by atoms with Crippen molar-refractivity contribution in [1.29, 1.82) is 0 Å². The first-order chi connectivity index (χ1) is 9.25. The molecule has 1 saturated heterocycles. The van der Waals surface area contributed by atoms with Gasteiger partial charge in [0.15, 0.2) is 0 Å². The van der Waals surface area contributed by atoms with E-state index in [0.717, 1.165) is 15.6 Å². The molecule has 1 atom stereocenters. The van der Waals surface area contributed by atoms with Crippen molar-refractivity contribution in [2.24, 2.45) is 5.92 Å². The zero-order valence-corrected chi connectivity index (χ0v) is 12.7. The predicted molar refractivity (Wildman–Crippen MR) is 71.4 cm³/mol. The number of piperidine rings is 1. The summed E-state index contributed by atoms with van der Waals surface area (Å²) in [6, 6.07) is 2.98. The van der Waals surface area contributed by atoms with Crippen LogP contribution in [0.4, 0.5) is 13.2 Å². The van der Waals surface area contributed by atoms with Gasteiger partial charge in [-0.05, 0) is 25.0 Å². The van der Waals surface area contributed by atoms with Crippen LogP contribution in [0.25, 0.3) is 0 Å². The van der Waals surface area contributed by atoms with E-state index < -0.39 is 28.7 Å². The van der Waals surface area contributed by atoms with Crippen LogP contribution in [0.1, 0.15) is 17.7 Å². The summed E-state index contributed by atoms with van der Waals surface area (Å²) in [7, 11) is -3.85. The molecule has 0 saturated carbocycles. The molecule has 0 N–H and O–H groups in total. The number of halogens is 4. The van der Waals surface area contributed by atoms with Crippen LogP contribution in [0.15, 0.2) is 16.3 Å². The third kappa shape index (κ3) is 3.29. The Hall–Kier alpha value is -0.310. The fraction of sp³-hybridized carbons (Fsp3) is 0.636. The van der Waals surface area contributed by atoms with Gasteiger partial charge in [-0.1, -0.05) is 0 Å². The normalized spacial score (nSPS) is 22.1. The number of alkyl halides is 4. The highest BCUT2D eigenvalue weighted by molar-refractivity contribution is 7.91. The molecule has 0 aliphatic carbocycles. The maximum atomic E-state index is 12.7. The van der Waals surface area contributed by atoms with Crippen LogP contribution in [0.3, 0.4) is 0 Å². The Balaban J connectivity index is 2.21. The summed E-state index contributed by atoms with van der Waals surface area (Å²) in [6.07, 6.45) is -4.16. The zero-order valence-electron chi connectivity index (χ0n) is 10.4. The molecule has 0 amide bonds. The van der Waals surface area contributed by atoms with Gasteiger partial charge in [0.2, 0.25) is 0 Å². The lowest BCUT2D eigenvalue weighted by Crippen LogP contribution is -2.44. The summed E-state index contributed by atoms with van der Waals surface area (Å²) in [6.45, 7) is -0.372. The lowest BCUT2D eigenvalue weighted by molar-refractivity contribution is -0.182. The van der Waals surface area contributed by atoms with Crippen LogP contribution < -0.4 is 0 Å². The number of hydrogen-bond acceptors (Lipinski definition) is 3. The van der Waals surface area contributed by atoms with Gasteiger partial charge in [-0.3, -0.25) is 0 Å². The highest BCUT2D eigenvalue weighted by atomic mass is 35.5. The quantitative estimate of drug-likeness (QED) is 0.785. The van der Waals surface area contributed by atoms with Gasteiger partial charge in [0, 0.05) is 18.0 Å². The van der Waals surface area contributed by atoms with Gasteiger partial charge in [-0.2, -0.15) is 17.5 Å². The molecule has 1 fully saturated rings. The zero-order chi connectivity index (χ0) is 15.0. The van der Waals surface area contributed by atoms with Gasteiger partial charge in [0.25, 0.3) is 10.0 Å². The Morgan fingerprint density at radius 1 is 1.40 bits per heavy atom. The second-order valence-electron chi connectivity index (χ2n) is 4.60. The SMILES string of the molecule is O=S(=O)(c1ccc(CCl)s1)N1CCCC(C(F)(F)F)C1. The number of rotatable bonds is 3. The van der Waals surface area contributed by atoms with E-state index in [1.165, 1.54) is 6.07 Å². The molecule has 3 nitrogen and oxygen atoms in total. The molecule has 2 heterocycles. The van der Waals surface area contributed by atoms with Crippen molar-refractivity contribution in [2.75, 3.05) is 13.1 Å². The van der Waals surface area contributed by atoms with Crippen LogP contribution in [-0.4, -0.2) is 32.0 Å². The maximum absolute atomic E-state index is 12.7. The number of sulfonamides is 1. The average Bonchev–Trinajstić information content (AvgIpc) is 2.87. The molecule has 1 aromatic heterocycles. The van der Waals surface area contributed by atoms with Crippen molar-refractivity contribution in [3.8, 4) is 0 Å². The van der Waals surface area contributed by atoms with Crippen LogP contribution in [0.5, 0.6) is 0 Å². The molecule has 114 valence electrons. The fourth-order valence-electron chi connectivity index (χ4n) is 2.12. The van der Waals surface area contributed by atoms with E-state index in [0.29, 0.717) is 4.88 Å². The van der Waals surface area contributed by atoms with Gasteiger partial charge in [-0.15, -0.1) is 22.9 Å². The van der Waals surface area contributed by atoms with Gasteiger partial charge in [0.1, 0.15) is 4.21 Å². The molecule has 20 heavy (non-hydrogen) atoms. The van der Waals surface area contributed by atoms with Gasteiger partial charge < -0.3 is 0 Å². The Morgan fingerprint density at radius 2 is 2.10 bits per heavy atom. The van der Waals surface area contributed by atoms with E-state index >= 15 is 0 Å². The molecule has 0 spiro atoms. The molecule has 2 rings (SSSR count). The Bertz CT molecular complexity index is 570. The first-order valence-corrected chi connectivity index (χ1v) is 8.76. The highest BCUT2D eigenvalue weighted by Gasteiger charge is 2.44. The molecule has 1 unspecified atom stereocenters. The highest BCUT2D eigenvalue weighted by Crippen LogP contribution is 2.36. The van der Waals surface area contributed by atoms with Gasteiger partial charge in [0.05, 0.1) is 11.8 Å². The second kappa shape index (κ2) is 5.82. The minimum atomic E-state index is -4.36. The topological polar surface area (TPSA) is 37.4 Å². The molecule has 0 radical (unpaired) electrons. The average molecular weight is 348 g/mol. The molecule has 0 aromatic carbocycles. The van der Waals surface area contributed by atoms with E-state index in [1.807, 2.05) is 0 Å². The van der Waals surface area contributed by atoms with Crippen LogP contribution >= 0.6 is 22.9 Å². The van der Waals surface area contributed by atoms with Crippen LogP contribution in [0.2, 0.25) is 0 Å². The minimum Gasteiger partial charge on any atom is -0.206 e. The first-order valence-electron chi connectivity index (χ1n) is 5.96. The monoisotopic (exact) mass is 347 g/mol. The summed E-state index contributed by atoms with van der Waals surface area (Å²) in [5.41, 5.74) is 0. The van der Waals surface area contributed by atoms with Crippen molar-refractivity contribution in [3.63, 3.8) is 0 Å². The summed E-state index contributed by atoms with van der Waals surface area (Å²) >= 11 is 6.61. The van der Waals surface area contributed by atoms with E-state index in [4.69, 9.17) is 11.6 Å². The van der Waals surface area contributed by atoms with E-state index in [1.54, 1.807) is 6.07 Å². The van der Waals surface area contributed by atoms with E-state index in [9.17, 15) is 21.6 Å². The maximum Gasteiger partial charge on any atom is 0.393 e. The summed E-state index contributed by atoms with van der Waals surface area (Å²) < 4.78 is 63.8. The summed E-state index contributed by atoms with van der Waals surface area (Å²) in [4.78, 5) is 0.676. The number of nitrogens with zero attached hydrogens (tertiary/aromatic N) is 1. The molecule has 9 heteroatoms. The molecular formula is C11H13ClF3NO2S2. The summed E-state index contributed by atoms with van der Waals surface area (Å²) in [5.74, 6) is -1.40. The van der Waals surface area contributed by atoms with Gasteiger partial charge >= 0.3 is 6.18 Å². The van der Waals surface area contributed by atoms with Crippen LogP contribution in [0, 0.1) is 5.92 Å². The minimum absolute atomic E-state index is 0.0209. The Kier molecular flexibility index (Phi) is 4.68. The molecule has 1 aliphatic rings.